The van der Waals surface area contributed by atoms with Gasteiger partial charge in [-0.25, -0.2) is 4.98 Å². The Bertz CT molecular complexity index is 536. The van der Waals surface area contributed by atoms with Crippen LogP contribution in [0.3, 0.4) is 0 Å². The molecule has 0 spiro atoms. The Balaban J connectivity index is 1.97. The van der Waals surface area contributed by atoms with Crippen LogP contribution in [0, 0.1) is 0 Å². The van der Waals surface area contributed by atoms with Gasteiger partial charge in [-0.1, -0.05) is 23.7 Å². The zero-order valence-electron chi connectivity index (χ0n) is 11.4. The van der Waals surface area contributed by atoms with Gasteiger partial charge in [-0.3, -0.25) is 0 Å². The molecule has 5 heteroatoms. The van der Waals surface area contributed by atoms with Gasteiger partial charge in [0.05, 0.1) is 19.9 Å². The fraction of sp³-hybridized carbons (Fsp3) is 0.357. The van der Waals surface area contributed by atoms with E-state index in [-0.39, 0.29) is 6.04 Å². The number of ether oxygens (including phenoxy) is 1. The second-order valence-corrected chi connectivity index (χ2v) is 4.82. The number of hydrogen-bond donors (Lipinski definition) is 1. The molecule has 0 saturated carbocycles. The lowest BCUT2D eigenvalue weighted by Crippen LogP contribution is -2.20. The van der Waals surface area contributed by atoms with E-state index in [2.05, 4.69) is 29.4 Å². The molecule has 2 rings (SSSR count). The third kappa shape index (κ3) is 3.28. The van der Waals surface area contributed by atoms with E-state index >= 15 is 0 Å². The summed E-state index contributed by atoms with van der Waals surface area (Å²) in [5.74, 6) is 1.79. The van der Waals surface area contributed by atoms with Gasteiger partial charge in [0.15, 0.2) is 0 Å². The minimum Gasteiger partial charge on any atom is -0.497 e. The van der Waals surface area contributed by atoms with Crippen LogP contribution in [-0.4, -0.2) is 16.7 Å². The maximum absolute atomic E-state index is 5.95. The van der Waals surface area contributed by atoms with Crippen molar-refractivity contribution in [3.63, 3.8) is 0 Å². The lowest BCUT2D eigenvalue weighted by molar-refractivity contribution is 0.414. The monoisotopic (exact) mass is 279 g/mol. The molecule has 0 unspecified atom stereocenters. The summed E-state index contributed by atoms with van der Waals surface area (Å²) in [6.07, 6.45) is 1.66. The first kappa shape index (κ1) is 13.9. The van der Waals surface area contributed by atoms with Crippen LogP contribution in [0.15, 0.2) is 30.5 Å². The Hall–Kier alpha value is -1.52. The van der Waals surface area contributed by atoms with Gasteiger partial charge in [0, 0.05) is 13.1 Å². The van der Waals surface area contributed by atoms with Crippen molar-refractivity contribution in [2.45, 2.75) is 19.5 Å². The van der Waals surface area contributed by atoms with E-state index in [0.717, 1.165) is 11.6 Å². The summed E-state index contributed by atoms with van der Waals surface area (Å²) in [4.78, 5) is 4.26. The van der Waals surface area contributed by atoms with Gasteiger partial charge >= 0.3 is 0 Å². The molecular weight excluding hydrogens is 262 g/mol. The number of hydrogen-bond acceptors (Lipinski definition) is 3. The molecule has 19 heavy (non-hydrogen) atoms. The second-order valence-electron chi connectivity index (χ2n) is 4.43. The SMILES string of the molecule is COc1ccc([C@H](C)NCc2ncc(Cl)n2C)cc1. The molecule has 0 fully saturated rings. The average Bonchev–Trinajstić information content (AvgIpc) is 2.76. The maximum atomic E-state index is 5.95. The number of nitrogens with one attached hydrogen (secondary N) is 1. The number of nitrogens with zero attached hydrogens (tertiary/aromatic N) is 2. The lowest BCUT2D eigenvalue weighted by Gasteiger charge is -2.14. The molecule has 1 aromatic heterocycles. The molecule has 102 valence electrons. The highest BCUT2D eigenvalue weighted by atomic mass is 35.5. The maximum Gasteiger partial charge on any atom is 0.128 e. The predicted molar refractivity (Wildman–Crippen MR) is 76.5 cm³/mol. The van der Waals surface area contributed by atoms with Gasteiger partial charge in [-0.05, 0) is 24.6 Å². The predicted octanol–water partition coefficient (Wildman–Crippen LogP) is 2.93. The Morgan fingerprint density at radius 1 is 1.37 bits per heavy atom. The van der Waals surface area contributed by atoms with Crippen LogP contribution in [0.25, 0.3) is 0 Å². The Kier molecular flexibility index (Phi) is 4.45. The van der Waals surface area contributed by atoms with Crippen molar-refractivity contribution < 1.29 is 4.74 Å². The normalized spacial score (nSPS) is 12.4. The number of rotatable bonds is 5. The van der Waals surface area contributed by atoms with Gasteiger partial charge in [0.2, 0.25) is 0 Å². The molecule has 2 aromatic rings. The van der Waals surface area contributed by atoms with E-state index < -0.39 is 0 Å². The quantitative estimate of drug-likeness (QED) is 0.915. The van der Waals surface area contributed by atoms with Crippen LogP contribution < -0.4 is 10.1 Å². The third-order valence-corrected chi connectivity index (χ3v) is 3.56. The van der Waals surface area contributed by atoms with Crippen molar-refractivity contribution in [2.75, 3.05) is 7.11 Å². The number of methoxy groups -OCH3 is 1. The van der Waals surface area contributed by atoms with Gasteiger partial charge < -0.3 is 14.6 Å². The van der Waals surface area contributed by atoms with Crippen molar-refractivity contribution >= 4 is 11.6 Å². The van der Waals surface area contributed by atoms with Crippen molar-refractivity contribution in [1.82, 2.24) is 14.9 Å². The highest BCUT2D eigenvalue weighted by molar-refractivity contribution is 6.29. The zero-order chi connectivity index (χ0) is 13.8. The topological polar surface area (TPSA) is 39.1 Å². The third-order valence-electron chi connectivity index (χ3n) is 3.21. The van der Waals surface area contributed by atoms with Gasteiger partial charge in [0.1, 0.15) is 16.7 Å². The minimum absolute atomic E-state index is 0.237. The van der Waals surface area contributed by atoms with Crippen LogP contribution in [0.2, 0.25) is 5.15 Å². The zero-order valence-corrected chi connectivity index (χ0v) is 12.1. The molecule has 1 heterocycles. The number of benzene rings is 1. The fourth-order valence-electron chi connectivity index (χ4n) is 1.84. The van der Waals surface area contributed by atoms with Crippen LogP contribution >= 0.6 is 11.6 Å². The summed E-state index contributed by atoms with van der Waals surface area (Å²) >= 11 is 5.95. The molecule has 0 amide bonds. The Morgan fingerprint density at radius 3 is 2.58 bits per heavy atom. The van der Waals surface area contributed by atoms with Crippen molar-refractivity contribution in [3.8, 4) is 5.75 Å². The molecule has 0 saturated heterocycles. The number of aromatic nitrogens is 2. The van der Waals surface area contributed by atoms with Gasteiger partial charge in [-0.15, -0.1) is 0 Å². The summed E-state index contributed by atoms with van der Waals surface area (Å²) in [7, 11) is 3.58. The molecule has 1 aromatic carbocycles. The van der Waals surface area contributed by atoms with Crippen LogP contribution in [0.5, 0.6) is 5.75 Å². The minimum atomic E-state index is 0.237. The highest BCUT2D eigenvalue weighted by Crippen LogP contribution is 2.18. The summed E-state index contributed by atoms with van der Waals surface area (Å²) in [5.41, 5.74) is 1.21. The molecule has 4 nitrogen and oxygen atoms in total. The molecule has 1 atom stereocenters. The highest BCUT2D eigenvalue weighted by Gasteiger charge is 2.08. The van der Waals surface area contributed by atoms with Gasteiger partial charge in [-0.2, -0.15) is 0 Å². The largest absolute Gasteiger partial charge is 0.497 e. The van der Waals surface area contributed by atoms with Crippen LogP contribution in [0.1, 0.15) is 24.4 Å². The molecule has 1 N–H and O–H groups in total. The first-order chi connectivity index (χ1) is 9.11. The summed E-state index contributed by atoms with van der Waals surface area (Å²) in [6.45, 7) is 2.79. The lowest BCUT2D eigenvalue weighted by atomic mass is 10.1. The molecular formula is C14H18ClN3O. The van der Waals surface area contributed by atoms with Crippen molar-refractivity contribution in [3.05, 3.63) is 47.0 Å². The molecule has 0 aliphatic carbocycles. The Labute approximate surface area is 118 Å². The number of halogens is 1. The van der Waals surface area contributed by atoms with E-state index in [4.69, 9.17) is 16.3 Å². The first-order valence-electron chi connectivity index (χ1n) is 6.15. The standard InChI is InChI=1S/C14H18ClN3O/c1-10(11-4-6-12(19-3)7-5-11)16-9-14-17-8-13(15)18(14)2/h4-8,10,16H,9H2,1-3H3/t10-/m0/s1. The Morgan fingerprint density at radius 2 is 2.05 bits per heavy atom. The van der Waals surface area contributed by atoms with E-state index in [0.29, 0.717) is 11.7 Å². The van der Waals surface area contributed by atoms with Crippen LogP contribution in [0.4, 0.5) is 0 Å². The van der Waals surface area contributed by atoms with Crippen molar-refractivity contribution in [1.29, 1.82) is 0 Å². The van der Waals surface area contributed by atoms with E-state index in [1.54, 1.807) is 13.3 Å². The van der Waals surface area contributed by atoms with E-state index in [9.17, 15) is 0 Å². The smallest absolute Gasteiger partial charge is 0.128 e. The molecule has 0 aliphatic rings. The average molecular weight is 280 g/mol. The molecule has 0 aliphatic heterocycles. The first-order valence-corrected chi connectivity index (χ1v) is 6.53. The van der Waals surface area contributed by atoms with Crippen molar-refractivity contribution in [2.24, 2.45) is 7.05 Å². The molecule has 0 bridgehead atoms. The summed E-state index contributed by atoms with van der Waals surface area (Å²) in [6, 6.07) is 8.28. The summed E-state index contributed by atoms with van der Waals surface area (Å²) in [5, 5.41) is 4.07. The van der Waals surface area contributed by atoms with Gasteiger partial charge in [0.25, 0.3) is 0 Å². The number of imidazole rings is 1. The van der Waals surface area contributed by atoms with E-state index in [1.165, 1.54) is 5.56 Å². The molecule has 0 radical (unpaired) electrons. The fourth-order valence-corrected chi connectivity index (χ4v) is 1.99. The van der Waals surface area contributed by atoms with Crippen LogP contribution in [-0.2, 0) is 13.6 Å². The van der Waals surface area contributed by atoms with E-state index in [1.807, 2.05) is 23.7 Å². The second kappa shape index (κ2) is 6.08. The summed E-state index contributed by atoms with van der Waals surface area (Å²) < 4.78 is 7.02.